The minimum Gasteiger partial charge on any atom is -0.309 e. The first kappa shape index (κ1) is 31.6. The first-order valence-electron chi connectivity index (χ1n) is 18.7. The molecule has 0 N–H and O–H groups in total. The molecule has 0 spiro atoms. The Balaban J connectivity index is 1.16. The van der Waals surface area contributed by atoms with Gasteiger partial charge in [-0.15, -0.1) is 0 Å². The lowest BCUT2D eigenvalue weighted by Crippen LogP contribution is -2.33. The number of benzene rings is 7. The predicted molar refractivity (Wildman–Crippen MR) is 221 cm³/mol. The molecular formula is C49H40N4. The number of fused-ring (bicyclic) bond motifs is 6. The molecular weight excluding hydrogens is 645 g/mol. The summed E-state index contributed by atoms with van der Waals surface area (Å²) in [6.07, 6.45) is 2.38. The Morgan fingerprint density at radius 3 is 1.53 bits per heavy atom. The molecule has 0 saturated heterocycles. The molecule has 0 bridgehead atoms. The maximum absolute atomic E-state index is 5.17. The van der Waals surface area contributed by atoms with Gasteiger partial charge in [-0.1, -0.05) is 131 Å². The van der Waals surface area contributed by atoms with Crippen LogP contribution in [-0.2, 0) is 10.8 Å². The molecule has 4 nitrogen and oxygen atoms in total. The van der Waals surface area contributed by atoms with Gasteiger partial charge in [-0.05, 0) is 98.8 Å². The van der Waals surface area contributed by atoms with Crippen LogP contribution in [0.5, 0.6) is 0 Å². The topological polar surface area (TPSA) is 43.6 Å². The van der Waals surface area contributed by atoms with Crippen LogP contribution < -0.4 is 0 Å². The van der Waals surface area contributed by atoms with E-state index in [0.717, 1.165) is 43.9 Å². The van der Waals surface area contributed by atoms with Gasteiger partial charge in [0, 0.05) is 33.2 Å². The minimum absolute atomic E-state index is 0.118. The van der Waals surface area contributed by atoms with Gasteiger partial charge in [-0.3, -0.25) is 0 Å². The molecule has 2 aromatic heterocycles. The highest BCUT2D eigenvalue weighted by Crippen LogP contribution is 2.48. The predicted octanol–water partition coefficient (Wildman–Crippen LogP) is 12.6. The second kappa shape index (κ2) is 11.7. The van der Waals surface area contributed by atoms with Crippen molar-refractivity contribution in [3.63, 3.8) is 0 Å². The van der Waals surface area contributed by atoms with Crippen LogP contribution in [0.4, 0.5) is 0 Å². The Morgan fingerprint density at radius 2 is 0.925 bits per heavy atom. The van der Waals surface area contributed by atoms with E-state index in [9.17, 15) is 0 Å². The summed E-state index contributed by atoms with van der Waals surface area (Å²) in [5.41, 5.74) is 9.72. The second-order valence-electron chi connectivity index (χ2n) is 15.9. The van der Waals surface area contributed by atoms with Crippen molar-refractivity contribution in [1.82, 2.24) is 19.5 Å². The summed E-state index contributed by atoms with van der Waals surface area (Å²) in [7, 11) is 0. The van der Waals surface area contributed by atoms with E-state index in [-0.39, 0.29) is 10.8 Å². The molecule has 53 heavy (non-hydrogen) atoms. The lowest BCUT2D eigenvalue weighted by atomic mass is 9.63. The second-order valence-corrected chi connectivity index (χ2v) is 15.9. The summed E-state index contributed by atoms with van der Waals surface area (Å²) < 4.78 is 2.43. The Morgan fingerprint density at radius 1 is 0.434 bits per heavy atom. The minimum atomic E-state index is 0.118. The normalized spacial score (nSPS) is 14.9. The molecule has 1 aliphatic carbocycles. The molecule has 0 radical (unpaired) electrons. The van der Waals surface area contributed by atoms with Gasteiger partial charge < -0.3 is 4.57 Å². The van der Waals surface area contributed by atoms with Crippen molar-refractivity contribution in [1.29, 1.82) is 0 Å². The summed E-state index contributed by atoms with van der Waals surface area (Å²) in [6, 6.07) is 52.1. The fourth-order valence-electron chi connectivity index (χ4n) is 8.65. The van der Waals surface area contributed by atoms with E-state index in [1.165, 1.54) is 45.8 Å². The number of hydrogen-bond donors (Lipinski definition) is 0. The first-order valence-corrected chi connectivity index (χ1v) is 18.7. The molecule has 1 aliphatic rings. The monoisotopic (exact) mass is 684 g/mol. The average molecular weight is 685 g/mol. The fourth-order valence-corrected chi connectivity index (χ4v) is 8.65. The van der Waals surface area contributed by atoms with Gasteiger partial charge >= 0.3 is 0 Å². The van der Waals surface area contributed by atoms with Crippen molar-refractivity contribution in [2.24, 2.45) is 0 Å². The van der Waals surface area contributed by atoms with Gasteiger partial charge in [0.2, 0.25) is 0 Å². The molecule has 10 rings (SSSR count). The molecule has 0 aliphatic heterocycles. The van der Waals surface area contributed by atoms with Crippen molar-refractivity contribution < 1.29 is 0 Å². The van der Waals surface area contributed by atoms with E-state index >= 15 is 0 Å². The summed E-state index contributed by atoms with van der Waals surface area (Å²) in [5, 5.41) is 7.14. The fraction of sp³-hybridized carbons (Fsp3) is 0.163. The van der Waals surface area contributed by atoms with Crippen LogP contribution in [0, 0.1) is 0 Å². The van der Waals surface area contributed by atoms with Gasteiger partial charge in [-0.2, -0.15) is 0 Å². The highest BCUT2D eigenvalue weighted by Gasteiger charge is 2.37. The van der Waals surface area contributed by atoms with Gasteiger partial charge in [-0.25, -0.2) is 15.0 Å². The Labute approximate surface area is 309 Å². The molecule has 4 heteroatoms. The highest BCUT2D eigenvalue weighted by molar-refractivity contribution is 6.10. The van der Waals surface area contributed by atoms with Gasteiger partial charge in [0.25, 0.3) is 0 Å². The summed E-state index contributed by atoms with van der Waals surface area (Å²) in [5.74, 6) is 1.98. The summed E-state index contributed by atoms with van der Waals surface area (Å²) in [4.78, 5) is 15.5. The van der Waals surface area contributed by atoms with E-state index in [1.807, 2.05) is 0 Å². The van der Waals surface area contributed by atoms with Gasteiger partial charge in [0.15, 0.2) is 17.5 Å². The standard InChI is InChI=1S/C49H40N4/c1-48(2)27-28-49(3,4)42-30-44-40(29-41(42)48)37-19-9-10-22-43(37)53(44)34-25-23-33(24-26-34)45-50-46(38-20-11-15-31-13-5-7-17-35(31)38)52-47(51-45)39-21-12-16-32-14-6-8-18-36(32)39/h5-26,29-30H,27-28H2,1-4H3. The van der Waals surface area contributed by atoms with E-state index in [4.69, 9.17) is 15.0 Å². The maximum Gasteiger partial charge on any atom is 0.164 e. The quantitative estimate of drug-likeness (QED) is 0.185. The van der Waals surface area contributed by atoms with Crippen LogP contribution in [0.3, 0.4) is 0 Å². The van der Waals surface area contributed by atoms with Crippen molar-refractivity contribution in [2.75, 3.05) is 0 Å². The number of aromatic nitrogens is 4. The smallest absolute Gasteiger partial charge is 0.164 e. The molecule has 2 heterocycles. The first-order chi connectivity index (χ1) is 25.7. The van der Waals surface area contributed by atoms with Crippen LogP contribution in [-0.4, -0.2) is 19.5 Å². The lowest BCUT2D eigenvalue weighted by Gasteiger charge is -2.42. The van der Waals surface area contributed by atoms with Crippen LogP contribution in [0.1, 0.15) is 51.7 Å². The molecule has 0 fully saturated rings. The van der Waals surface area contributed by atoms with Crippen molar-refractivity contribution >= 4 is 43.4 Å². The van der Waals surface area contributed by atoms with Crippen molar-refractivity contribution in [2.45, 2.75) is 51.4 Å². The zero-order valence-corrected chi connectivity index (χ0v) is 30.6. The number of hydrogen-bond acceptors (Lipinski definition) is 3. The zero-order chi connectivity index (χ0) is 35.9. The Kier molecular flexibility index (Phi) is 6.97. The van der Waals surface area contributed by atoms with E-state index in [2.05, 4.69) is 178 Å². The van der Waals surface area contributed by atoms with Crippen LogP contribution in [0.15, 0.2) is 146 Å². The van der Waals surface area contributed by atoms with E-state index in [1.54, 1.807) is 0 Å². The van der Waals surface area contributed by atoms with E-state index in [0.29, 0.717) is 17.5 Å². The number of nitrogens with zero attached hydrogens (tertiary/aromatic N) is 4. The third-order valence-electron chi connectivity index (χ3n) is 11.7. The van der Waals surface area contributed by atoms with Gasteiger partial charge in [0.1, 0.15) is 0 Å². The molecule has 0 amide bonds. The van der Waals surface area contributed by atoms with Gasteiger partial charge in [0.05, 0.1) is 11.0 Å². The van der Waals surface area contributed by atoms with Crippen LogP contribution in [0.25, 0.3) is 83.2 Å². The molecule has 7 aromatic carbocycles. The summed E-state index contributed by atoms with van der Waals surface area (Å²) >= 11 is 0. The van der Waals surface area contributed by atoms with E-state index < -0.39 is 0 Å². The average Bonchev–Trinajstić information content (AvgIpc) is 3.52. The number of para-hydroxylation sites is 1. The SMILES string of the molecule is CC1(C)CCC(C)(C)c2cc3c(cc21)c1ccccc1n3-c1ccc(-c2nc(-c3cccc4ccccc34)nc(-c3cccc4ccccc34)n2)cc1. The van der Waals surface area contributed by atoms with Crippen molar-refractivity contribution in [3.05, 3.63) is 157 Å². The summed E-state index contributed by atoms with van der Waals surface area (Å²) in [6.45, 7) is 9.62. The molecule has 0 saturated carbocycles. The van der Waals surface area contributed by atoms with Crippen LogP contribution >= 0.6 is 0 Å². The molecule has 0 atom stereocenters. The number of rotatable bonds is 4. The van der Waals surface area contributed by atoms with Crippen molar-refractivity contribution in [3.8, 4) is 39.9 Å². The molecule has 0 unspecified atom stereocenters. The zero-order valence-electron chi connectivity index (χ0n) is 30.6. The largest absolute Gasteiger partial charge is 0.309 e. The highest BCUT2D eigenvalue weighted by atomic mass is 15.0. The lowest BCUT2D eigenvalue weighted by molar-refractivity contribution is 0.332. The Hall–Kier alpha value is -6.13. The maximum atomic E-state index is 5.17. The van der Waals surface area contributed by atoms with Crippen LogP contribution in [0.2, 0.25) is 0 Å². The Bertz CT molecular complexity index is 2790. The third kappa shape index (κ3) is 5.08. The molecule has 256 valence electrons. The third-order valence-corrected chi connectivity index (χ3v) is 11.7. The molecule has 9 aromatic rings.